The SMILES string of the molecule is C=C=C(N[C@H]1CCN(C)C1=O)c1nc(Cl)c(N2CCN(C3CCN(Cc4ccc(C#N)cc4)CC3)[C@@H](CC)C2)nc1N. The molecule has 3 aliphatic rings. The minimum atomic E-state index is -0.375. The topological polar surface area (TPSA) is 118 Å². The summed E-state index contributed by atoms with van der Waals surface area (Å²) >= 11 is 6.71. The summed E-state index contributed by atoms with van der Waals surface area (Å²) in [5, 5.41) is 12.5. The summed E-state index contributed by atoms with van der Waals surface area (Å²) in [5.41, 5.74) is 12.0. The summed E-state index contributed by atoms with van der Waals surface area (Å²) in [7, 11) is 1.78. The van der Waals surface area contributed by atoms with Crippen LogP contribution >= 0.6 is 11.6 Å². The molecule has 0 unspecified atom stereocenters. The second-order valence-electron chi connectivity index (χ2n) is 11.4. The van der Waals surface area contributed by atoms with Crippen molar-refractivity contribution in [3.63, 3.8) is 0 Å². The molecule has 2 atom stereocenters. The van der Waals surface area contributed by atoms with Crippen LogP contribution in [0.25, 0.3) is 5.70 Å². The maximum atomic E-state index is 12.4. The van der Waals surface area contributed by atoms with E-state index in [0.717, 1.165) is 58.5 Å². The summed E-state index contributed by atoms with van der Waals surface area (Å²) in [5.74, 6) is 0.836. The van der Waals surface area contributed by atoms with Crippen LogP contribution in [0.1, 0.15) is 49.4 Å². The van der Waals surface area contributed by atoms with Gasteiger partial charge in [0.2, 0.25) is 5.91 Å². The highest BCUT2D eigenvalue weighted by Crippen LogP contribution is 2.31. The van der Waals surface area contributed by atoms with Crippen molar-refractivity contribution in [3.8, 4) is 6.07 Å². The summed E-state index contributed by atoms with van der Waals surface area (Å²) in [6.07, 6.45) is 3.98. The molecule has 4 heterocycles. The van der Waals surface area contributed by atoms with E-state index in [0.29, 0.717) is 47.8 Å². The molecule has 222 valence electrons. The molecule has 1 amide bonds. The molecule has 10 nitrogen and oxygen atoms in total. The van der Waals surface area contributed by atoms with Gasteiger partial charge in [-0.1, -0.05) is 37.2 Å². The van der Waals surface area contributed by atoms with E-state index >= 15 is 0 Å². The smallest absolute Gasteiger partial charge is 0.244 e. The minimum Gasteiger partial charge on any atom is -0.382 e. The highest BCUT2D eigenvalue weighted by molar-refractivity contribution is 6.31. The van der Waals surface area contributed by atoms with E-state index in [4.69, 9.17) is 22.6 Å². The van der Waals surface area contributed by atoms with Crippen molar-refractivity contribution >= 4 is 34.8 Å². The molecule has 42 heavy (non-hydrogen) atoms. The Morgan fingerprint density at radius 2 is 1.88 bits per heavy atom. The zero-order chi connectivity index (χ0) is 29.8. The lowest BCUT2D eigenvalue weighted by Crippen LogP contribution is -2.58. The third kappa shape index (κ3) is 6.40. The summed E-state index contributed by atoms with van der Waals surface area (Å²) in [6, 6.07) is 10.7. The number of hydrogen-bond donors (Lipinski definition) is 2. The number of likely N-dealkylation sites (N-methyl/N-ethyl adjacent to an activating group) is 1. The number of halogens is 1. The van der Waals surface area contributed by atoms with Crippen LogP contribution in [0, 0.1) is 11.3 Å². The molecule has 3 aliphatic heterocycles. The molecule has 1 aromatic heterocycles. The molecule has 3 fully saturated rings. The van der Waals surface area contributed by atoms with Gasteiger partial charge in [0, 0.05) is 51.9 Å². The number of nitrogen functional groups attached to an aromatic ring is 1. The number of hydrogen-bond acceptors (Lipinski definition) is 9. The lowest BCUT2D eigenvalue weighted by atomic mass is 9.97. The van der Waals surface area contributed by atoms with Gasteiger partial charge in [0.05, 0.1) is 11.6 Å². The molecule has 11 heteroatoms. The third-order valence-electron chi connectivity index (χ3n) is 8.84. The maximum Gasteiger partial charge on any atom is 0.244 e. The van der Waals surface area contributed by atoms with Crippen molar-refractivity contribution in [2.45, 2.75) is 57.3 Å². The number of benzene rings is 1. The van der Waals surface area contributed by atoms with Crippen LogP contribution in [-0.2, 0) is 11.3 Å². The summed E-state index contributed by atoms with van der Waals surface area (Å²) in [6.45, 7) is 12.3. The van der Waals surface area contributed by atoms with Crippen LogP contribution in [0.15, 0.2) is 36.6 Å². The fourth-order valence-electron chi connectivity index (χ4n) is 6.40. The van der Waals surface area contributed by atoms with Crippen LogP contribution in [-0.4, -0.2) is 95.0 Å². The van der Waals surface area contributed by atoms with Gasteiger partial charge in [0.25, 0.3) is 0 Å². The Hall–Kier alpha value is -3.61. The number of nitrogens with one attached hydrogen (secondary N) is 1. The molecule has 3 N–H and O–H groups in total. The lowest BCUT2D eigenvalue weighted by molar-refractivity contribution is -0.128. The molecular weight excluding hydrogens is 550 g/mol. The number of nitrogens with zero attached hydrogens (tertiary/aromatic N) is 7. The summed E-state index contributed by atoms with van der Waals surface area (Å²) in [4.78, 5) is 30.7. The van der Waals surface area contributed by atoms with Crippen molar-refractivity contribution in [2.24, 2.45) is 0 Å². The van der Waals surface area contributed by atoms with E-state index in [2.05, 4.69) is 67.4 Å². The zero-order valence-electron chi connectivity index (χ0n) is 24.5. The first-order valence-electron chi connectivity index (χ1n) is 14.8. The highest BCUT2D eigenvalue weighted by Gasteiger charge is 2.35. The summed E-state index contributed by atoms with van der Waals surface area (Å²) < 4.78 is 0. The van der Waals surface area contributed by atoms with Gasteiger partial charge in [-0.25, -0.2) is 9.97 Å². The Bertz CT molecular complexity index is 1380. The van der Waals surface area contributed by atoms with E-state index in [1.165, 1.54) is 5.56 Å². The first kappa shape index (κ1) is 29.9. The van der Waals surface area contributed by atoms with E-state index in [-0.39, 0.29) is 22.9 Å². The minimum absolute atomic E-state index is 0.0115. The average molecular weight is 590 g/mol. The molecule has 0 saturated carbocycles. The van der Waals surface area contributed by atoms with Crippen LogP contribution < -0.4 is 16.0 Å². The first-order chi connectivity index (χ1) is 20.3. The first-order valence-corrected chi connectivity index (χ1v) is 15.2. The molecule has 2 aromatic rings. The van der Waals surface area contributed by atoms with Gasteiger partial charge >= 0.3 is 0 Å². The van der Waals surface area contributed by atoms with Crippen LogP contribution in [0.3, 0.4) is 0 Å². The van der Waals surface area contributed by atoms with E-state index < -0.39 is 0 Å². The fraction of sp³-hybridized carbons (Fsp3) is 0.516. The van der Waals surface area contributed by atoms with E-state index in [9.17, 15) is 4.79 Å². The number of carbonyl (C=O) groups is 1. The second-order valence-corrected chi connectivity index (χ2v) is 11.8. The number of rotatable bonds is 8. The molecule has 5 rings (SSSR count). The second kappa shape index (κ2) is 13.1. The van der Waals surface area contributed by atoms with Crippen molar-refractivity contribution in [2.75, 3.05) is 56.9 Å². The normalized spacial score (nSPS) is 22.2. The molecular formula is C31H40ClN9O. The average Bonchev–Trinajstić information content (AvgIpc) is 3.33. The van der Waals surface area contributed by atoms with Crippen LogP contribution in [0.4, 0.5) is 11.6 Å². The van der Waals surface area contributed by atoms with Gasteiger partial charge in [-0.15, -0.1) is 5.73 Å². The van der Waals surface area contributed by atoms with E-state index in [1.807, 2.05) is 12.1 Å². The van der Waals surface area contributed by atoms with Crippen LogP contribution in [0.5, 0.6) is 0 Å². The standard InChI is InChI=1S/C31H40ClN9O/c1-4-23-20-40(16-17-41(23)24-10-14-39(15-11-24)19-22-8-6-21(18-33)7-9-22)30-28(32)36-27(29(34)37-30)25(5-2)35-26-12-13-38(3)31(26)42/h6-9,23-24,26,35H,2,4,10-17,19-20H2,1,3H3,(H2,34,37)/t23-,26-/m0/s1. The number of aromatic nitrogens is 2. The Morgan fingerprint density at radius 1 is 1.14 bits per heavy atom. The molecule has 0 aliphatic carbocycles. The van der Waals surface area contributed by atoms with E-state index in [1.54, 1.807) is 11.9 Å². The number of nitriles is 1. The Labute approximate surface area is 253 Å². The maximum absolute atomic E-state index is 12.4. The number of piperazine rings is 1. The van der Waals surface area contributed by atoms with Crippen LogP contribution in [0.2, 0.25) is 5.15 Å². The molecule has 3 saturated heterocycles. The van der Waals surface area contributed by atoms with Crippen molar-refractivity contribution in [1.29, 1.82) is 5.26 Å². The molecule has 0 spiro atoms. The van der Waals surface area contributed by atoms with Crippen molar-refractivity contribution in [1.82, 2.24) is 30.0 Å². The van der Waals surface area contributed by atoms with Crippen molar-refractivity contribution in [3.05, 3.63) is 58.5 Å². The predicted octanol–water partition coefficient (Wildman–Crippen LogP) is 3.10. The Balaban J connectivity index is 1.20. The quantitative estimate of drug-likeness (QED) is 0.448. The molecule has 0 radical (unpaired) electrons. The fourth-order valence-corrected chi connectivity index (χ4v) is 6.64. The van der Waals surface area contributed by atoms with Crippen molar-refractivity contribution < 1.29 is 4.79 Å². The van der Waals surface area contributed by atoms with Gasteiger partial charge in [0.15, 0.2) is 16.8 Å². The van der Waals surface area contributed by atoms with Gasteiger partial charge in [-0.05, 0) is 56.5 Å². The predicted molar refractivity (Wildman–Crippen MR) is 166 cm³/mol. The highest BCUT2D eigenvalue weighted by atomic mass is 35.5. The van der Waals surface area contributed by atoms with Gasteiger partial charge in [0.1, 0.15) is 17.4 Å². The Morgan fingerprint density at radius 3 is 2.50 bits per heavy atom. The molecule has 0 bridgehead atoms. The third-order valence-corrected chi connectivity index (χ3v) is 9.09. The largest absolute Gasteiger partial charge is 0.382 e. The molecule has 1 aromatic carbocycles. The Kier molecular flexibility index (Phi) is 9.34. The number of anilines is 2. The number of amides is 1. The van der Waals surface area contributed by atoms with Gasteiger partial charge < -0.3 is 20.9 Å². The number of nitrogens with two attached hydrogens (primary N) is 1. The number of carbonyl (C=O) groups excluding carboxylic acids is 1. The lowest BCUT2D eigenvalue weighted by Gasteiger charge is -2.47. The number of likely N-dealkylation sites (tertiary alicyclic amines) is 2. The van der Waals surface area contributed by atoms with Gasteiger partial charge in [-0.2, -0.15) is 5.26 Å². The number of piperidine rings is 1. The monoisotopic (exact) mass is 589 g/mol. The zero-order valence-corrected chi connectivity index (χ0v) is 25.3. The van der Waals surface area contributed by atoms with Gasteiger partial charge in [-0.3, -0.25) is 14.6 Å².